The number of fused-ring (bicyclic) bond motifs is 3. The Kier molecular flexibility index (Phi) is 12.6. The van der Waals surface area contributed by atoms with Crippen LogP contribution in [0.3, 0.4) is 0 Å². The van der Waals surface area contributed by atoms with Gasteiger partial charge in [-0.2, -0.15) is 0 Å². The van der Waals surface area contributed by atoms with E-state index >= 15 is 14.4 Å². The Morgan fingerprint density at radius 3 is 2.12 bits per heavy atom. The zero-order valence-corrected chi connectivity index (χ0v) is 38.1. The molecule has 5 aromatic carbocycles. The van der Waals surface area contributed by atoms with Crippen LogP contribution in [0.2, 0.25) is 0 Å². The van der Waals surface area contributed by atoms with Crippen molar-refractivity contribution in [2.45, 2.75) is 94.0 Å². The Morgan fingerprint density at radius 2 is 1.45 bits per heavy atom. The van der Waals surface area contributed by atoms with E-state index in [0.717, 1.165) is 73.8 Å². The zero-order chi connectivity index (χ0) is 47.6. The van der Waals surface area contributed by atoms with Gasteiger partial charge in [0.25, 0.3) is 5.69 Å². The van der Waals surface area contributed by atoms with Crippen molar-refractivity contribution in [1.82, 2.24) is 9.80 Å². The third-order valence-corrected chi connectivity index (χ3v) is 14.5. The summed E-state index contributed by atoms with van der Waals surface area (Å²) in [4.78, 5) is 78.8. The molecule has 5 aliphatic rings. The first-order valence-corrected chi connectivity index (χ1v) is 23.9. The lowest BCUT2D eigenvalue weighted by molar-refractivity contribution is -0.384. The fourth-order valence-electron chi connectivity index (χ4n) is 11.3. The van der Waals surface area contributed by atoms with Gasteiger partial charge in [0.1, 0.15) is 29.9 Å². The van der Waals surface area contributed by atoms with Crippen molar-refractivity contribution >= 4 is 35.3 Å². The Bertz CT molecular complexity index is 2870. The van der Waals surface area contributed by atoms with Crippen LogP contribution in [0.25, 0.3) is 0 Å². The SMILES string of the molecule is O=C1O[C@H](c2ccccc2)[C@H](c2ccccc2)N2[C@H]1[C@@H](C(=O)N1CCCCCCC1)[C@]1(C(=O)N(C(=O)OCc3ccc([N+](=O)[O-])cc3)c3ccc(C#CC4=CCCCC4)cc31)[C@H]2c1ccc(O)cc1. The lowest BCUT2D eigenvalue weighted by Crippen LogP contribution is -2.56. The van der Waals surface area contributed by atoms with Crippen LogP contribution in [-0.2, 0) is 35.9 Å². The Balaban J connectivity index is 1.23. The summed E-state index contributed by atoms with van der Waals surface area (Å²) in [6.45, 7) is 0.498. The molecule has 3 amide bonds. The number of likely N-dealkylation sites (tertiary alicyclic amines) is 1. The number of cyclic esters (lactones) is 1. The van der Waals surface area contributed by atoms with Crippen LogP contribution < -0.4 is 4.90 Å². The van der Waals surface area contributed by atoms with Crippen LogP contribution in [0.1, 0.15) is 109 Å². The molecule has 3 saturated heterocycles. The molecular formula is C56H52N4O9. The summed E-state index contributed by atoms with van der Waals surface area (Å²) in [7, 11) is 0. The quantitative estimate of drug-likeness (QED) is 0.0721. The highest BCUT2D eigenvalue weighted by atomic mass is 16.6. The average Bonchev–Trinajstić information content (AvgIpc) is 3.82. The van der Waals surface area contributed by atoms with Crippen LogP contribution in [0, 0.1) is 27.9 Å². The third-order valence-electron chi connectivity index (χ3n) is 14.5. The fourth-order valence-corrected chi connectivity index (χ4v) is 11.3. The van der Waals surface area contributed by atoms with Crippen molar-refractivity contribution in [1.29, 1.82) is 0 Å². The van der Waals surface area contributed by atoms with Gasteiger partial charge >= 0.3 is 12.1 Å². The average molecular weight is 925 g/mol. The number of benzene rings is 5. The topological polar surface area (TPSA) is 160 Å². The number of carbonyl (C=O) groups excluding carboxylic acids is 4. The highest BCUT2D eigenvalue weighted by Gasteiger charge is 2.76. The monoisotopic (exact) mass is 924 g/mol. The van der Waals surface area contributed by atoms with Gasteiger partial charge in [-0.05, 0) is 114 Å². The minimum atomic E-state index is -2.00. The van der Waals surface area contributed by atoms with Crippen LogP contribution in [0.15, 0.2) is 139 Å². The summed E-state index contributed by atoms with van der Waals surface area (Å²) < 4.78 is 12.6. The van der Waals surface area contributed by atoms with Crippen molar-refractivity contribution in [2.75, 3.05) is 18.0 Å². The smallest absolute Gasteiger partial charge is 0.421 e. The number of imide groups is 1. The van der Waals surface area contributed by atoms with Gasteiger partial charge in [0, 0.05) is 30.8 Å². The molecule has 1 spiro atoms. The van der Waals surface area contributed by atoms with E-state index in [1.54, 1.807) is 35.2 Å². The molecule has 13 nitrogen and oxygen atoms in total. The number of hydrogen-bond donors (Lipinski definition) is 1. The van der Waals surface area contributed by atoms with E-state index in [1.165, 1.54) is 36.4 Å². The molecule has 0 radical (unpaired) electrons. The number of allylic oxidation sites excluding steroid dienone is 2. The molecule has 6 atom stereocenters. The minimum Gasteiger partial charge on any atom is -0.508 e. The molecular weight excluding hydrogens is 873 g/mol. The molecule has 1 N–H and O–H groups in total. The predicted octanol–water partition coefficient (Wildman–Crippen LogP) is 9.95. The van der Waals surface area contributed by atoms with E-state index in [4.69, 9.17) is 9.47 Å². The number of carbonyl (C=O) groups is 4. The fraction of sp³-hybridized carbons (Fsp3) is 0.321. The first kappa shape index (κ1) is 45.2. The highest BCUT2D eigenvalue weighted by Crippen LogP contribution is 2.66. The van der Waals surface area contributed by atoms with Crippen molar-refractivity contribution in [3.63, 3.8) is 0 Å². The summed E-state index contributed by atoms with van der Waals surface area (Å²) in [5.74, 6) is 3.38. The van der Waals surface area contributed by atoms with Crippen molar-refractivity contribution < 1.29 is 38.7 Å². The number of non-ortho nitro benzene ring substituents is 1. The molecule has 4 heterocycles. The molecule has 5 aromatic rings. The molecule has 13 heteroatoms. The van der Waals surface area contributed by atoms with Gasteiger partial charge in [-0.3, -0.25) is 29.4 Å². The van der Waals surface area contributed by atoms with E-state index in [2.05, 4.69) is 17.9 Å². The number of morpholine rings is 1. The molecule has 0 aromatic heterocycles. The van der Waals surface area contributed by atoms with Crippen LogP contribution in [0.5, 0.6) is 5.75 Å². The number of esters is 1. The number of phenolic OH excluding ortho intramolecular Hbond substituents is 1. The zero-order valence-electron chi connectivity index (χ0n) is 38.1. The van der Waals surface area contributed by atoms with Gasteiger partial charge in [-0.15, -0.1) is 0 Å². The number of amides is 3. The van der Waals surface area contributed by atoms with Gasteiger partial charge in [0.15, 0.2) is 0 Å². The summed E-state index contributed by atoms with van der Waals surface area (Å²) >= 11 is 0. The molecule has 0 bridgehead atoms. The number of rotatable bonds is 7. The van der Waals surface area contributed by atoms with E-state index in [9.17, 15) is 20.0 Å². The Hall–Kier alpha value is -7.56. The standard InChI is InChI=1S/C56H52N4O9/c61-44-30-26-42(27-31-44)51-56(45-35-38(22-21-37-15-7-4-8-16-37)25-32-46(45)58(54(56)64)55(65)68-36-39-23-28-43(29-24-39)60(66)67)47(52(62)57-33-13-2-1-3-14-34-57)49-53(63)69-50(41-19-11-6-12-20-41)48(59(49)51)40-17-9-5-10-18-40/h5-6,9-12,15,17-20,23-32,35,47-51,61H,1-4,7-8,13-14,16,33-34,36H2/t47-,48-,49-,50+,51+,56-/m0/s1. The Labute approximate surface area is 400 Å². The van der Waals surface area contributed by atoms with Crippen LogP contribution in [0.4, 0.5) is 16.2 Å². The second kappa shape index (κ2) is 19.2. The number of hydrogen-bond acceptors (Lipinski definition) is 10. The third kappa shape index (κ3) is 8.33. The van der Waals surface area contributed by atoms with E-state index in [1.807, 2.05) is 65.6 Å². The van der Waals surface area contributed by atoms with Crippen molar-refractivity contribution in [2.24, 2.45) is 5.92 Å². The molecule has 10 rings (SSSR count). The molecule has 4 aliphatic heterocycles. The van der Waals surface area contributed by atoms with Gasteiger partial charge < -0.3 is 19.5 Å². The maximum atomic E-state index is 16.6. The first-order chi connectivity index (χ1) is 33.6. The second-order valence-corrected chi connectivity index (χ2v) is 18.5. The largest absolute Gasteiger partial charge is 0.508 e. The van der Waals surface area contributed by atoms with Crippen LogP contribution in [-0.4, -0.2) is 62.8 Å². The normalized spacial score (nSPS) is 24.5. The number of nitro groups is 1. The summed E-state index contributed by atoms with van der Waals surface area (Å²) in [6.07, 6.45) is 8.41. The molecule has 0 unspecified atom stereocenters. The Morgan fingerprint density at radius 1 is 0.768 bits per heavy atom. The molecule has 1 aliphatic carbocycles. The minimum absolute atomic E-state index is 0.0281. The van der Waals surface area contributed by atoms with Gasteiger partial charge in [-0.1, -0.05) is 110 Å². The maximum absolute atomic E-state index is 16.6. The number of nitro benzene ring substituents is 1. The van der Waals surface area contributed by atoms with Gasteiger partial charge in [0.05, 0.1) is 28.6 Å². The highest BCUT2D eigenvalue weighted by molar-refractivity contribution is 6.23. The molecule has 69 heavy (non-hydrogen) atoms. The molecule has 3 fully saturated rings. The number of aromatic hydroxyl groups is 1. The van der Waals surface area contributed by atoms with E-state index in [-0.39, 0.29) is 23.7 Å². The first-order valence-electron chi connectivity index (χ1n) is 23.9. The van der Waals surface area contributed by atoms with E-state index in [0.29, 0.717) is 40.9 Å². The molecule has 350 valence electrons. The summed E-state index contributed by atoms with van der Waals surface area (Å²) in [5.41, 5.74) is 2.38. The lowest BCUT2D eigenvalue weighted by atomic mass is 9.64. The maximum Gasteiger partial charge on any atom is 0.421 e. The lowest BCUT2D eigenvalue weighted by Gasteiger charge is -2.46. The van der Waals surface area contributed by atoms with Crippen molar-refractivity contribution in [3.8, 4) is 17.6 Å². The number of nitrogens with zero attached hydrogens (tertiary/aromatic N) is 4. The van der Waals surface area contributed by atoms with Gasteiger partial charge in [0.2, 0.25) is 11.8 Å². The van der Waals surface area contributed by atoms with E-state index < -0.39 is 64.4 Å². The predicted molar refractivity (Wildman–Crippen MR) is 256 cm³/mol. The number of ether oxygens (including phenoxy) is 2. The summed E-state index contributed by atoms with van der Waals surface area (Å²) in [6, 6.07) is 33.0. The summed E-state index contributed by atoms with van der Waals surface area (Å²) in [5, 5.41) is 22.2. The van der Waals surface area contributed by atoms with Crippen LogP contribution >= 0.6 is 0 Å². The molecule has 0 saturated carbocycles. The van der Waals surface area contributed by atoms with Crippen molar-refractivity contribution in [3.05, 3.63) is 183 Å². The second-order valence-electron chi connectivity index (χ2n) is 18.5. The van der Waals surface area contributed by atoms with Gasteiger partial charge in [-0.25, -0.2) is 9.69 Å². The number of anilines is 1. The number of phenols is 1.